The SMILES string of the molecule is Cc1ccsc1C(=CCCN(C)[C@H]1CCCc2o[nH]c(=O)c21)c1sccc1C. The molecule has 1 aliphatic carbocycles. The summed E-state index contributed by atoms with van der Waals surface area (Å²) in [5.74, 6) is 0.841. The van der Waals surface area contributed by atoms with Gasteiger partial charge in [0.1, 0.15) is 5.76 Å². The predicted molar refractivity (Wildman–Crippen MR) is 117 cm³/mol. The van der Waals surface area contributed by atoms with E-state index in [1.165, 1.54) is 26.5 Å². The van der Waals surface area contributed by atoms with Crippen molar-refractivity contribution in [1.29, 1.82) is 0 Å². The number of nitrogens with one attached hydrogen (secondary N) is 1. The van der Waals surface area contributed by atoms with Gasteiger partial charge < -0.3 is 4.52 Å². The summed E-state index contributed by atoms with van der Waals surface area (Å²) in [5.41, 5.74) is 4.78. The molecule has 0 spiro atoms. The monoisotopic (exact) mass is 414 g/mol. The van der Waals surface area contributed by atoms with E-state index in [9.17, 15) is 4.79 Å². The molecular weight excluding hydrogens is 388 g/mol. The van der Waals surface area contributed by atoms with Crippen molar-refractivity contribution >= 4 is 28.2 Å². The molecule has 0 unspecified atom stereocenters. The van der Waals surface area contributed by atoms with Crippen LogP contribution in [0, 0.1) is 13.8 Å². The van der Waals surface area contributed by atoms with Crippen LogP contribution in [-0.4, -0.2) is 23.6 Å². The van der Waals surface area contributed by atoms with Crippen LogP contribution in [0.2, 0.25) is 0 Å². The van der Waals surface area contributed by atoms with Gasteiger partial charge in [-0.1, -0.05) is 6.08 Å². The van der Waals surface area contributed by atoms with Gasteiger partial charge in [0.15, 0.2) is 0 Å². The highest BCUT2D eigenvalue weighted by Crippen LogP contribution is 2.36. The van der Waals surface area contributed by atoms with E-state index in [4.69, 9.17) is 4.52 Å². The van der Waals surface area contributed by atoms with Crippen molar-refractivity contribution in [3.8, 4) is 0 Å². The van der Waals surface area contributed by atoms with E-state index in [0.717, 1.165) is 43.6 Å². The second-order valence-electron chi connectivity index (χ2n) is 7.53. The van der Waals surface area contributed by atoms with E-state index in [1.807, 2.05) is 22.7 Å². The summed E-state index contributed by atoms with van der Waals surface area (Å²) in [6.07, 6.45) is 6.25. The third kappa shape index (κ3) is 3.69. The van der Waals surface area contributed by atoms with Crippen LogP contribution < -0.4 is 5.56 Å². The Morgan fingerprint density at radius 1 is 1.25 bits per heavy atom. The molecule has 0 saturated carbocycles. The van der Waals surface area contributed by atoms with Crippen LogP contribution in [0.1, 0.15) is 57.5 Å². The Bertz CT molecular complexity index is 995. The number of rotatable bonds is 6. The molecule has 148 valence electrons. The van der Waals surface area contributed by atoms with Crippen molar-refractivity contribution < 1.29 is 4.52 Å². The third-order valence-corrected chi connectivity index (χ3v) is 7.70. The van der Waals surface area contributed by atoms with E-state index < -0.39 is 0 Å². The zero-order chi connectivity index (χ0) is 19.7. The van der Waals surface area contributed by atoms with Gasteiger partial charge in [0.05, 0.1) is 5.56 Å². The van der Waals surface area contributed by atoms with Crippen LogP contribution in [0.3, 0.4) is 0 Å². The number of aromatic nitrogens is 1. The third-order valence-electron chi connectivity index (χ3n) is 5.60. The van der Waals surface area contributed by atoms with Crippen LogP contribution in [0.25, 0.3) is 5.57 Å². The summed E-state index contributed by atoms with van der Waals surface area (Å²) < 4.78 is 5.36. The molecule has 3 aromatic heterocycles. The van der Waals surface area contributed by atoms with Crippen molar-refractivity contribution in [1.82, 2.24) is 10.1 Å². The minimum atomic E-state index is -0.0637. The molecule has 0 aromatic carbocycles. The number of aryl methyl sites for hydroxylation is 3. The highest BCUT2D eigenvalue weighted by Gasteiger charge is 2.29. The summed E-state index contributed by atoms with van der Waals surface area (Å²) in [6, 6.07) is 4.53. The van der Waals surface area contributed by atoms with Gasteiger partial charge in [-0.05, 0) is 74.2 Å². The number of nitrogens with zero attached hydrogens (tertiary/aromatic N) is 1. The summed E-state index contributed by atoms with van der Waals surface area (Å²) in [5, 5.41) is 6.86. The Labute approximate surface area is 173 Å². The topological polar surface area (TPSA) is 49.2 Å². The fraction of sp³-hybridized carbons (Fsp3) is 0.409. The Balaban J connectivity index is 1.54. The molecule has 6 heteroatoms. The van der Waals surface area contributed by atoms with Gasteiger partial charge in [0.25, 0.3) is 5.56 Å². The second-order valence-corrected chi connectivity index (χ2v) is 9.36. The van der Waals surface area contributed by atoms with Crippen LogP contribution in [0.15, 0.2) is 38.3 Å². The molecule has 1 N–H and O–H groups in total. The lowest BCUT2D eigenvalue weighted by molar-refractivity contribution is 0.217. The lowest BCUT2D eigenvalue weighted by Gasteiger charge is -2.29. The summed E-state index contributed by atoms with van der Waals surface area (Å²) >= 11 is 3.62. The van der Waals surface area contributed by atoms with Crippen LogP contribution in [-0.2, 0) is 6.42 Å². The van der Waals surface area contributed by atoms with E-state index in [0.29, 0.717) is 0 Å². The number of thiophene rings is 2. The van der Waals surface area contributed by atoms with Crippen molar-refractivity contribution in [2.45, 2.75) is 45.6 Å². The maximum Gasteiger partial charge on any atom is 0.284 e. The van der Waals surface area contributed by atoms with Gasteiger partial charge in [-0.2, -0.15) is 5.16 Å². The van der Waals surface area contributed by atoms with E-state index in [-0.39, 0.29) is 11.6 Å². The van der Waals surface area contributed by atoms with Crippen molar-refractivity contribution in [3.05, 3.63) is 71.5 Å². The van der Waals surface area contributed by atoms with Crippen molar-refractivity contribution in [3.63, 3.8) is 0 Å². The van der Waals surface area contributed by atoms with Gasteiger partial charge in [0, 0.05) is 34.3 Å². The van der Waals surface area contributed by atoms with E-state index in [1.54, 1.807) is 0 Å². The van der Waals surface area contributed by atoms with Gasteiger partial charge in [-0.15, -0.1) is 22.7 Å². The number of hydrogen-bond acceptors (Lipinski definition) is 5. The first-order valence-electron chi connectivity index (χ1n) is 9.76. The number of aromatic amines is 1. The van der Waals surface area contributed by atoms with Gasteiger partial charge in [-0.25, -0.2) is 0 Å². The highest BCUT2D eigenvalue weighted by molar-refractivity contribution is 7.14. The average Bonchev–Trinajstić information content (AvgIpc) is 3.40. The zero-order valence-electron chi connectivity index (χ0n) is 16.6. The molecule has 4 nitrogen and oxygen atoms in total. The molecule has 0 aliphatic heterocycles. The predicted octanol–water partition coefficient (Wildman–Crippen LogP) is 5.54. The Kier molecular flexibility index (Phi) is 5.71. The molecule has 3 heterocycles. The summed E-state index contributed by atoms with van der Waals surface area (Å²) in [4.78, 5) is 17.2. The quantitative estimate of drug-likeness (QED) is 0.576. The Hall–Kier alpha value is -1.89. The molecule has 28 heavy (non-hydrogen) atoms. The first-order valence-corrected chi connectivity index (χ1v) is 11.5. The summed E-state index contributed by atoms with van der Waals surface area (Å²) in [6.45, 7) is 5.28. The molecule has 3 aromatic rings. The lowest BCUT2D eigenvalue weighted by atomic mass is 9.92. The number of fused-ring (bicyclic) bond motifs is 1. The second kappa shape index (κ2) is 8.23. The fourth-order valence-electron chi connectivity index (χ4n) is 4.06. The molecular formula is C22H26N2O2S2. The van der Waals surface area contributed by atoms with Gasteiger partial charge >= 0.3 is 0 Å². The normalized spacial score (nSPS) is 16.4. The van der Waals surface area contributed by atoms with Gasteiger partial charge in [0.2, 0.25) is 0 Å². The Morgan fingerprint density at radius 2 is 1.93 bits per heavy atom. The maximum absolute atomic E-state index is 12.2. The van der Waals surface area contributed by atoms with Crippen molar-refractivity contribution in [2.75, 3.05) is 13.6 Å². The van der Waals surface area contributed by atoms with Gasteiger partial charge in [-0.3, -0.25) is 9.69 Å². The minimum absolute atomic E-state index is 0.0637. The minimum Gasteiger partial charge on any atom is -0.383 e. The molecule has 4 rings (SSSR count). The van der Waals surface area contributed by atoms with Crippen LogP contribution >= 0.6 is 22.7 Å². The molecule has 0 amide bonds. The summed E-state index contributed by atoms with van der Waals surface area (Å²) in [7, 11) is 2.12. The van der Waals surface area contributed by atoms with Crippen LogP contribution in [0.4, 0.5) is 0 Å². The Morgan fingerprint density at radius 3 is 2.54 bits per heavy atom. The molecule has 1 atom stereocenters. The largest absolute Gasteiger partial charge is 0.383 e. The number of hydrogen-bond donors (Lipinski definition) is 1. The molecule has 0 bridgehead atoms. The highest BCUT2D eigenvalue weighted by atomic mass is 32.1. The van der Waals surface area contributed by atoms with E-state index >= 15 is 0 Å². The average molecular weight is 415 g/mol. The number of H-pyrrole nitrogens is 1. The molecule has 0 radical (unpaired) electrons. The molecule has 0 fully saturated rings. The molecule has 1 aliphatic rings. The lowest BCUT2D eigenvalue weighted by Crippen LogP contribution is -2.31. The first-order chi connectivity index (χ1) is 13.6. The van der Waals surface area contributed by atoms with Crippen LogP contribution in [0.5, 0.6) is 0 Å². The standard InChI is InChI=1S/C22H26N2O2S2/c1-14-9-12-27-20(14)16(21-15(2)10-13-28-21)6-5-11-24(3)17-7-4-8-18-19(17)22(25)23-26-18/h6,9-10,12-13,17H,4-5,7-8,11H2,1-3H3,(H,23,25)/t17-/m0/s1. The van der Waals surface area contributed by atoms with E-state index in [2.05, 4.69) is 59.9 Å². The first kappa shape index (κ1) is 19.4. The fourth-order valence-corrected chi connectivity index (χ4v) is 6.08. The maximum atomic E-state index is 12.2. The smallest absolute Gasteiger partial charge is 0.284 e. The van der Waals surface area contributed by atoms with Crippen molar-refractivity contribution in [2.24, 2.45) is 0 Å². The zero-order valence-corrected chi connectivity index (χ0v) is 18.2. The molecule has 0 saturated heterocycles.